The highest BCUT2D eigenvalue weighted by molar-refractivity contribution is 8.00. The van der Waals surface area contributed by atoms with Crippen molar-refractivity contribution in [3.05, 3.63) is 53.9 Å². The molecule has 1 aliphatic heterocycles. The fourth-order valence-electron chi connectivity index (χ4n) is 3.48. The van der Waals surface area contributed by atoms with Crippen molar-refractivity contribution in [3.8, 4) is 0 Å². The Labute approximate surface area is 168 Å². The van der Waals surface area contributed by atoms with Gasteiger partial charge in [-0.1, -0.05) is 0 Å². The number of halogens is 3. The average Bonchev–Trinajstić information content (AvgIpc) is 3.45. The zero-order valence-electron chi connectivity index (χ0n) is 15.1. The van der Waals surface area contributed by atoms with Crippen LogP contribution in [0, 0.1) is 0 Å². The molecule has 0 unspecified atom stereocenters. The normalized spacial score (nSPS) is 18.1. The summed E-state index contributed by atoms with van der Waals surface area (Å²) in [5.41, 5.74) is 2.09. The molecule has 2 aliphatic rings. The van der Waals surface area contributed by atoms with Crippen molar-refractivity contribution < 1.29 is 22.8 Å². The van der Waals surface area contributed by atoms with Gasteiger partial charge < -0.3 is 10.6 Å². The van der Waals surface area contributed by atoms with Gasteiger partial charge in [0.05, 0.1) is 11.4 Å². The number of pyridine rings is 1. The van der Waals surface area contributed by atoms with Gasteiger partial charge in [0.25, 0.3) is 5.91 Å². The van der Waals surface area contributed by atoms with Crippen LogP contribution in [0.3, 0.4) is 0 Å². The van der Waals surface area contributed by atoms with Crippen molar-refractivity contribution in [1.29, 1.82) is 0 Å². The molecule has 4 rings (SSSR count). The molecule has 0 radical (unpaired) electrons. The van der Waals surface area contributed by atoms with Gasteiger partial charge in [-0.3, -0.25) is 9.78 Å². The molecule has 0 bridgehead atoms. The number of alkyl halides is 3. The van der Waals surface area contributed by atoms with Crippen molar-refractivity contribution >= 4 is 29.4 Å². The number of nitrogens with two attached hydrogens (primary N) is 1. The molecule has 29 heavy (non-hydrogen) atoms. The standard InChI is InChI=1S/C19H17F3N4O2S/c20-19(21,22)29-15-3-1-14(2-4-15)26-16(27)18(6-7-18)25(17(26)28)11-12-5-8-24-13(9-12)10-23/h1-5,8-9H,6-7,10-11,23H2. The van der Waals surface area contributed by atoms with Gasteiger partial charge in [-0.15, -0.1) is 0 Å². The first-order chi connectivity index (χ1) is 13.7. The van der Waals surface area contributed by atoms with Crippen molar-refractivity contribution in [2.45, 2.75) is 41.9 Å². The lowest BCUT2D eigenvalue weighted by atomic mass is 10.1. The Morgan fingerprint density at radius 2 is 1.83 bits per heavy atom. The number of carbonyl (C=O) groups is 2. The molecule has 1 saturated heterocycles. The van der Waals surface area contributed by atoms with Crippen LogP contribution in [0.25, 0.3) is 0 Å². The molecule has 152 valence electrons. The molecule has 1 aromatic carbocycles. The third-order valence-electron chi connectivity index (χ3n) is 5.02. The summed E-state index contributed by atoms with van der Waals surface area (Å²) in [6, 6.07) is 8.32. The lowest BCUT2D eigenvalue weighted by molar-refractivity contribution is -0.120. The van der Waals surface area contributed by atoms with E-state index in [2.05, 4.69) is 4.98 Å². The summed E-state index contributed by atoms with van der Waals surface area (Å²) < 4.78 is 37.5. The van der Waals surface area contributed by atoms with Gasteiger partial charge in [0.15, 0.2) is 0 Å². The van der Waals surface area contributed by atoms with Crippen molar-refractivity contribution in [3.63, 3.8) is 0 Å². The zero-order valence-corrected chi connectivity index (χ0v) is 16.0. The van der Waals surface area contributed by atoms with E-state index in [-0.39, 0.29) is 41.3 Å². The molecule has 1 aromatic heterocycles. The molecule has 1 saturated carbocycles. The second kappa shape index (κ2) is 7.03. The molecule has 0 atom stereocenters. The van der Waals surface area contributed by atoms with Crippen LogP contribution >= 0.6 is 11.8 Å². The minimum absolute atomic E-state index is 0.00978. The molecule has 2 heterocycles. The Hall–Kier alpha value is -2.59. The summed E-state index contributed by atoms with van der Waals surface area (Å²) in [4.78, 5) is 32.7. The topological polar surface area (TPSA) is 79.5 Å². The van der Waals surface area contributed by atoms with E-state index in [0.717, 1.165) is 10.5 Å². The highest BCUT2D eigenvalue weighted by Gasteiger charge is 2.65. The fourth-order valence-corrected chi connectivity index (χ4v) is 4.02. The molecule has 3 amide bonds. The van der Waals surface area contributed by atoms with E-state index in [1.54, 1.807) is 18.3 Å². The van der Waals surface area contributed by atoms with Gasteiger partial charge in [-0.2, -0.15) is 13.2 Å². The van der Waals surface area contributed by atoms with E-state index in [1.165, 1.54) is 29.2 Å². The first-order valence-electron chi connectivity index (χ1n) is 8.89. The van der Waals surface area contributed by atoms with E-state index in [1.807, 2.05) is 0 Å². The number of imide groups is 1. The number of hydrogen-bond acceptors (Lipinski definition) is 5. The minimum atomic E-state index is -4.40. The maximum absolute atomic E-state index is 13.1. The largest absolute Gasteiger partial charge is 0.446 e. The van der Waals surface area contributed by atoms with Crippen molar-refractivity contribution in [2.75, 3.05) is 4.90 Å². The van der Waals surface area contributed by atoms with Crippen LogP contribution in [0.5, 0.6) is 0 Å². The van der Waals surface area contributed by atoms with Crippen LogP contribution < -0.4 is 10.6 Å². The quantitative estimate of drug-likeness (QED) is 0.588. The molecule has 2 aromatic rings. The number of anilines is 1. The lowest BCUT2D eigenvalue weighted by Crippen LogP contribution is -2.36. The maximum Gasteiger partial charge on any atom is 0.446 e. The molecule has 1 aliphatic carbocycles. The summed E-state index contributed by atoms with van der Waals surface area (Å²) in [6.45, 7) is 0.499. The molecule has 10 heteroatoms. The third-order valence-corrected chi connectivity index (χ3v) is 5.76. The molecule has 2 N–H and O–H groups in total. The number of amides is 3. The van der Waals surface area contributed by atoms with Gasteiger partial charge in [-0.05, 0) is 66.6 Å². The summed E-state index contributed by atoms with van der Waals surface area (Å²) in [5, 5.41) is 0. The second-order valence-corrected chi connectivity index (χ2v) is 8.08. The number of nitrogens with zero attached hydrogens (tertiary/aromatic N) is 3. The van der Waals surface area contributed by atoms with Crippen LogP contribution in [-0.2, 0) is 17.9 Å². The number of benzene rings is 1. The molecule has 1 spiro atoms. The van der Waals surface area contributed by atoms with Gasteiger partial charge in [0.1, 0.15) is 5.54 Å². The predicted octanol–water partition coefficient (Wildman–Crippen LogP) is 3.65. The summed E-state index contributed by atoms with van der Waals surface area (Å²) in [5.74, 6) is -0.341. The van der Waals surface area contributed by atoms with Crippen LogP contribution in [-0.4, -0.2) is 32.9 Å². The summed E-state index contributed by atoms with van der Waals surface area (Å²) >= 11 is -0.243. The van der Waals surface area contributed by atoms with E-state index in [9.17, 15) is 22.8 Å². The van der Waals surface area contributed by atoms with Crippen LogP contribution in [0.2, 0.25) is 0 Å². The fraction of sp³-hybridized carbons (Fsp3) is 0.316. The number of thioether (sulfide) groups is 1. The van der Waals surface area contributed by atoms with Crippen molar-refractivity contribution in [1.82, 2.24) is 9.88 Å². The van der Waals surface area contributed by atoms with Crippen LogP contribution in [0.1, 0.15) is 24.1 Å². The van der Waals surface area contributed by atoms with E-state index >= 15 is 0 Å². The van der Waals surface area contributed by atoms with E-state index < -0.39 is 17.1 Å². The lowest BCUT2D eigenvalue weighted by Gasteiger charge is -2.21. The minimum Gasteiger partial charge on any atom is -0.325 e. The Kier molecular flexibility index (Phi) is 4.78. The van der Waals surface area contributed by atoms with Crippen molar-refractivity contribution in [2.24, 2.45) is 5.73 Å². The number of hydrogen-bond donors (Lipinski definition) is 1. The molecular formula is C19H17F3N4O2S. The first kappa shape index (κ1) is 19.7. The predicted molar refractivity (Wildman–Crippen MR) is 101 cm³/mol. The monoisotopic (exact) mass is 422 g/mol. The third kappa shape index (κ3) is 3.69. The second-order valence-electron chi connectivity index (χ2n) is 6.94. The highest BCUT2D eigenvalue weighted by atomic mass is 32.2. The number of aromatic nitrogens is 1. The SMILES string of the molecule is NCc1cc(CN2C(=O)N(c3ccc(SC(F)(F)F)cc3)C(=O)C23CC3)ccn1. The first-order valence-corrected chi connectivity index (χ1v) is 9.71. The molecular weight excluding hydrogens is 405 g/mol. The number of urea groups is 1. The summed E-state index contributed by atoms with van der Waals surface area (Å²) in [7, 11) is 0. The summed E-state index contributed by atoms with van der Waals surface area (Å²) in [6.07, 6.45) is 2.73. The van der Waals surface area contributed by atoms with E-state index in [4.69, 9.17) is 5.73 Å². The van der Waals surface area contributed by atoms with Gasteiger partial charge in [0, 0.05) is 24.2 Å². The average molecular weight is 422 g/mol. The Bertz CT molecular complexity index is 961. The number of rotatable bonds is 5. The van der Waals surface area contributed by atoms with Gasteiger partial charge >= 0.3 is 11.5 Å². The maximum atomic E-state index is 13.1. The zero-order chi connectivity index (χ0) is 20.8. The van der Waals surface area contributed by atoms with E-state index in [0.29, 0.717) is 18.5 Å². The highest BCUT2D eigenvalue weighted by Crippen LogP contribution is 2.50. The van der Waals surface area contributed by atoms with Gasteiger partial charge in [0.2, 0.25) is 0 Å². The van der Waals surface area contributed by atoms with Crippen LogP contribution in [0.15, 0.2) is 47.5 Å². The molecule has 6 nitrogen and oxygen atoms in total. The number of carbonyl (C=O) groups excluding carboxylic acids is 2. The Balaban J connectivity index is 1.58. The Morgan fingerprint density at radius 3 is 2.41 bits per heavy atom. The van der Waals surface area contributed by atoms with Gasteiger partial charge in [-0.25, -0.2) is 9.69 Å². The smallest absolute Gasteiger partial charge is 0.325 e. The molecule has 2 fully saturated rings. The van der Waals surface area contributed by atoms with Crippen LogP contribution in [0.4, 0.5) is 23.7 Å². The Morgan fingerprint density at radius 1 is 1.14 bits per heavy atom.